The molecule has 0 bridgehead atoms. The number of methoxy groups -OCH3 is 3. The number of nitrogens with zero attached hydrogens (tertiary/aromatic N) is 2. The Morgan fingerprint density at radius 1 is 0.972 bits per heavy atom. The molecule has 0 spiro atoms. The van der Waals surface area contributed by atoms with Crippen LogP contribution in [-0.4, -0.2) is 75.5 Å². The van der Waals surface area contributed by atoms with E-state index in [1.165, 1.54) is 12.0 Å². The smallest absolute Gasteiger partial charge is 0.407 e. The van der Waals surface area contributed by atoms with E-state index in [0.29, 0.717) is 49.7 Å². The minimum Gasteiger partial charge on any atom is -0.493 e. The zero-order chi connectivity index (χ0) is 26.2. The molecule has 1 heterocycles. The Morgan fingerprint density at radius 3 is 2.28 bits per heavy atom. The number of ether oxygens (including phenoxy) is 3. The molecule has 2 aromatic carbocycles. The van der Waals surface area contributed by atoms with Crippen LogP contribution in [0.15, 0.2) is 36.4 Å². The van der Waals surface area contributed by atoms with E-state index in [4.69, 9.17) is 14.2 Å². The van der Waals surface area contributed by atoms with Crippen LogP contribution in [-0.2, 0) is 16.0 Å². The Morgan fingerprint density at radius 2 is 1.67 bits per heavy atom. The topological polar surface area (TPSA) is 118 Å². The molecule has 1 aliphatic heterocycles. The molecule has 194 valence electrons. The van der Waals surface area contributed by atoms with Gasteiger partial charge in [0.05, 0.1) is 27.4 Å². The highest BCUT2D eigenvalue weighted by Crippen LogP contribution is 2.30. The largest absolute Gasteiger partial charge is 0.493 e. The van der Waals surface area contributed by atoms with Crippen molar-refractivity contribution in [2.75, 3.05) is 52.4 Å². The van der Waals surface area contributed by atoms with E-state index in [1.807, 2.05) is 31.2 Å². The average Bonchev–Trinajstić information content (AvgIpc) is 2.91. The maximum absolute atomic E-state index is 13.4. The van der Waals surface area contributed by atoms with Gasteiger partial charge in [0.15, 0.2) is 11.5 Å². The summed E-state index contributed by atoms with van der Waals surface area (Å²) in [5, 5.41) is 12.3. The number of hydrogen-bond acceptors (Lipinski definition) is 7. The quantitative estimate of drug-likeness (QED) is 0.506. The molecule has 2 aromatic rings. The van der Waals surface area contributed by atoms with Crippen LogP contribution >= 0.6 is 0 Å². The first kappa shape index (κ1) is 26.7. The van der Waals surface area contributed by atoms with Gasteiger partial charge >= 0.3 is 12.1 Å². The number of piperazine rings is 1. The van der Waals surface area contributed by atoms with E-state index >= 15 is 0 Å². The van der Waals surface area contributed by atoms with Crippen molar-refractivity contribution in [1.82, 2.24) is 10.2 Å². The number of carbonyl (C=O) groups excluding carboxylic acids is 2. The zero-order valence-electron chi connectivity index (χ0n) is 21.1. The Balaban J connectivity index is 1.83. The highest BCUT2D eigenvalue weighted by Gasteiger charge is 2.23. The molecular weight excluding hydrogens is 466 g/mol. The van der Waals surface area contributed by atoms with Crippen LogP contribution in [0.5, 0.6) is 11.5 Å². The van der Waals surface area contributed by atoms with Gasteiger partial charge in [-0.15, -0.1) is 0 Å². The van der Waals surface area contributed by atoms with Gasteiger partial charge in [0.1, 0.15) is 0 Å². The van der Waals surface area contributed by atoms with Gasteiger partial charge in [-0.05, 0) is 48.7 Å². The summed E-state index contributed by atoms with van der Waals surface area (Å²) in [6.45, 7) is 3.70. The second kappa shape index (κ2) is 12.1. The highest BCUT2D eigenvalue weighted by atomic mass is 16.5. The number of benzene rings is 2. The van der Waals surface area contributed by atoms with Crippen molar-refractivity contribution in [3.05, 3.63) is 53.1 Å². The van der Waals surface area contributed by atoms with E-state index < -0.39 is 6.09 Å². The lowest BCUT2D eigenvalue weighted by Crippen LogP contribution is -2.48. The van der Waals surface area contributed by atoms with Crippen LogP contribution in [0.4, 0.5) is 10.5 Å². The molecule has 1 atom stereocenters. The minimum absolute atomic E-state index is 0.151. The van der Waals surface area contributed by atoms with Crippen LogP contribution in [0, 0.1) is 0 Å². The molecule has 1 aliphatic rings. The fourth-order valence-electron chi connectivity index (χ4n) is 4.17. The van der Waals surface area contributed by atoms with E-state index in [-0.39, 0.29) is 24.3 Å². The molecule has 36 heavy (non-hydrogen) atoms. The summed E-state index contributed by atoms with van der Waals surface area (Å²) in [6, 6.07) is 10.7. The van der Waals surface area contributed by atoms with E-state index in [0.717, 1.165) is 16.8 Å². The predicted molar refractivity (Wildman–Crippen MR) is 134 cm³/mol. The number of hydrogen-bond donors (Lipinski definition) is 2. The molecule has 2 amide bonds. The number of amides is 2. The van der Waals surface area contributed by atoms with Gasteiger partial charge < -0.3 is 34.4 Å². The lowest BCUT2D eigenvalue weighted by atomic mass is 9.99. The van der Waals surface area contributed by atoms with E-state index in [2.05, 4.69) is 10.2 Å². The summed E-state index contributed by atoms with van der Waals surface area (Å²) in [4.78, 5) is 39.8. The van der Waals surface area contributed by atoms with E-state index in [1.54, 1.807) is 26.4 Å². The fourth-order valence-corrected chi connectivity index (χ4v) is 4.17. The zero-order valence-corrected chi connectivity index (χ0v) is 21.1. The molecule has 10 nitrogen and oxygen atoms in total. The number of carbonyl (C=O) groups is 3. The average molecular weight is 500 g/mol. The standard InChI is InChI=1S/C26H33N3O7/c1-17(19-6-9-22(34-2)23(15-19)35-3)27-25(31)21-16-20(8-5-18(21)7-10-24(30)36-4)28-11-13-29(14-12-28)26(32)33/h5-6,8-9,15-17H,7,10-14H2,1-4H3,(H,27,31)(H,32,33)/t17-/m1/s1. The lowest BCUT2D eigenvalue weighted by Gasteiger charge is -2.35. The summed E-state index contributed by atoms with van der Waals surface area (Å²) < 4.78 is 15.4. The number of aryl methyl sites for hydroxylation is 1. The number of nitrogens with one attached hydrogen (secondary N) is 1. The lowest BCUT2D eigenvalue weighted by molar-refractivity contribution is -0.140. The van der Waals surface area contributed by atoms with Crippen LogP contribution < -0.4 is 19.7 Å². The number of carboxylic acid groups (broad SMARTS) is 1. The Kier molecular flexibility index (Phi) is 8.99. The number of anilines is 1. The van der Waals surface area contributed by atoms with Crippen molar-refractivity contribution >= 4 is 23.7 Å². The monoisotopic (exact) mass is 499 g/mol. The third kappa shape index (κ3) is 6.38. The molecule has 3 rings (SSSR count). The molecule has 2 N–H and O–H groups in total. The third-order valence-electron chi connectivity index (χ3n) is 6.33. The van der Waals surface area contributed by atoms with E-state index in [9.17, 15) is 19.5 Å². The highest BCUT2D eigenvalue weighted by molar-refractivity contribution is 5.97. The molecule has 0 saturated carbocycles. The summed E-state index contributed by atoms with van der Waals surface area (Å²) in [5.74, 6) is 0.537. The second-order valence-corrected chi connectivity index (χ2v) is 8.48. The first-order valence-electron chi connectivity index (χ1n) is 11.7. The van der Waals surface area contributed by atoms with Crippen LogP contribution in [0.3, 0.4) is 0 Å². The van der Waals surface area contributed by atoms with Gasteiger partial charge in [-0.25, -0.2) is 4.79 Å². The van der Waals surface area contributed by atoms with Crippen LogP contribution in [0.1, 0.15) is 40.9 Å². The van der Waals surface area contributed by atoms with Gasteiger partial charge in [0.2, 0.25) is 0 Å². The predicted octanol–water partition coefficient (Wildman–Crippen LogP) is 3.10. The van der Waals surface area contributed by atoms with Crippen molar-refractivity contribution in [1.29, 1.82) is 0 Å². The SMILES string of the molecule is COC(=O)CCc1ccc(N2CCN(C(=O)O)CC2)cc1C(=O)N[C@H](C)c1ccc(OC)c(OC)c1. The first-order chi connectivity index (χ1) is 17.3. The van der Waals surface area contributed by atoms with Gasteiger partial charge in [-0.1, -0.05) is 12.1 Å². The van der Waals surface area contributed by atoms with Crippen molar-refractivity contribution in [2.45, 2.75) is 25.8 Å². The second-order valence-electron chi connectivity index (χ2n) is 8.48. The van der Waals surface area contributed by atoms with Crippen molar-refractivity contribution in [2.24, 2.45) is 0 Å². The summed E-state index contributed by atoms with van der Waals surface area (Å²) in [5.41, 5.74) is 2.86. The molecule has 0 unspecified atom stereocenters. The maximum atomic E-state index is 13.4. The van der Waals surface area contributed by atoms with Gasteiger partial charge in [0.25, 0.3) is 5.91 Å². The number of rotatable bonds is 9. The Bertz CT molecular complexity index is 1100. The molecule has 0 aliphatic carbocycles. The molecule has 10 heteroatoms. The molecule has 0 aromatic heterocycles. The van der Waals surface area contributed by atoms with Gasteiger partial charge in [-0.2, -0.15) is 0 Å². The van der Waals surface area contributed by atoms with Crippen LogP contribution in [0.25, 0.3) is 0 Å². The third-order valence-corrected chi connectivity index (χ3v) is 6.33. The van der Waals surface area contributed by atoms with Gasteiger partial charge in [0, 0.05) is 43.9 Å². The maximum Gasteiger partial charge on any atom is 0.407 e. The Hall–Kier alpha value is -3.95. The Labute approximate surface area is 210 Å². The molecule has 0 radical (unpaired) electrons. The summed E-state index contributed by atoms with van der Waals surface area (Å²) in [6.07, 6.45) is -0.427. The van der Waals surface area contributed by atoms with Crippen molar-refractivity contribution in [3.63, 3.8) is 0 Å². The summed E-state index contributed by atoms with van der Waals surface area (Å²) >= 11 is 0. The first-order valence-corrected chi connectivity index (χ1v) is 11.7. The molecule has 1 fully saturated rings. The van der Waals surface area contributed by atoms with Gasteiger partial charge in [-0.3, -0.25) is 9.59 Å². The fraction of sp³-hybridized carbons (Fsp3) is 0.423. The number of esters is 1. The minimum atomic E-state index is -0.933. The summed E-state index contributed by atoms with van der Waals surface area (Å²) in [7, 11) is 4.45. The van der Waals surface area contributed by atoms with Crippen molar-refractivity contribution in [3.8, 4) is 11.5 Å². The molecular formula is C26H33N3O7. The molecule has 1 saturated heterocycles. The van der Waals surface area contributed by atoms with Crippen molar-refractivity contribution < 1.29 is 33.7 Å². The normalized spacial score (nSPS) is 14.1. The van der Waals surface area contributed by atoms with Crippen LogP contribution in [0.2, 0.25) is 0 Å².